The molecule has 11 aromatic rings. The van der Waals surface area contributed by atoms with Gasteiger partial charge in [0.05, 0.1) is 55.3 Å². The van der Waals surface area contributed by atoms with Crippen LogP contribution in [0.25, 0.3) is 67.3 Å². The highest BCUT2D eigenvalue weighted by atomic mass is 35.5. The molecule has 0 bridgehead atoms. The lowest BCUT2D eigenvalue weighted by Gasteiger charge is -2.29. The topological polar surface area (TPSA) is 349 Å². The average molecular weight is 1400 g/mol. The number of halogens is 6. The van der Waals surface area contributed by atoms with Crippen LogP contribution in [0.1, 0.15) is 62.5 Å². The minimum Gasteiger partial charge on any atom is -0.767 e. The quantitative estimate of drug-likeness (QED) is 0.0499. The van der Waals surface area contributed by atoms with Gasteiger partial charge in [-0.25, -0.2) is 82.8 Å². The number of nitrogens with one attached hydrogen (secondary N) is 3. The Labute approximate surface area is 550 Å². The fraction of sp³-hybridized carbons (Fsp3) is 0.230. The molecule has 1 unspecified atom stereocenters. The van der Waals surface area contributed by atoms with E-state index in [1.165, 1.54) is 61.3 Å². The van der Waals surface area contributed by atoms with E-state index >= 15 is 0 Å². The molecule has 0 aliphatic heterocycles. The molecule has 0 saturated heterocycles. The number of carboxylic acid groups (broad SMARTS) is 2. The highest BCUT2D eigenvalue weighted by Crippen LogP contribution is 2.37. The maximum Gasteiger partial charge on any atom is 0.308 e. The number of pyridine rings is 3. The van der Waals surface area contributed by atoms with E-state index in [0.29, 0.717) is 59.3 Å². The first kappa shape index (κ1) is 66.4. The largest absolute Gasteiger partial charge is 0.767 e. The Balaban J connectivity index is 0.000000146. The molecule has 5 N–H and O–H groups in total. The summed E-state index contributed by atoms with van der Waals surface area (Å²) in [6.07, 6.45) is 16.7. The molecule has 24 nitrogen and oxygen atoms in total. The summed E-state index contributed by atoms with van der Waals surface area (Å²) in [4.78, 5) is 63.1. The van der Waals surface area contributed by atoms with Crippen LogP contribution in [0, 0.1) is 43.1 Å². The molecule has 2 aliphatic rings. The van der Waals surface area contributed by atoms with E-state index in [9.17, 15) is 58.6 Å². The van der Waals surface area contributed by atoms with Gasteiger partial charge in [-0.1, -0.05) is 95.9 Å². The van der Waals surface area contributed by atoms with Crippen molar-refractivity contribution in [2.45, 2.75) is 92.1 Å². The van der Waals surface area contributed by atoms with Gasteiger partial charge in [-0.2, -0.15) is 0 Å². The summed E-state index contributed by atoms with van der Waals surface area (Å²) in [5, 5.41) is 26.4. The van der Waals surface area contributed by atoms with Gasteiger partial charge < -0.3 is 30.4 Å². The van der Waals surface area contributed by atoms with Crippen LogP contribution in [0.3, 0.4) is 0 Å². The first-order valence-corrected chi connectivity index (χ1v) is 33.7. The maximum absolute atomic E-state index is 14.7. The molecule has 9 heterocycles. The zero-order chi connectivity index (χ0) is 66.9. The monoisotopic (exact) mass is 1400 g/mol. The Bertz CT molecular complexity index is 5010. The number of benzene rings is 2. The van der Waals surface area contributed by atoms with Crippen molar-refractivity contribution in [2.24, 2.45) is 11.8 Å². The Morgan fingerprint density at radius 2 is 0.957 bits per heavy atom. The molecule has 2 aromatic carbocycles. The fourth-order valence-electron chi connectivity index (χ4n) is 11.0. The van der Waals surface area contributed by atoms with Gasteiger partial charge in [0.1, 0.15) is 5.65 Å². The SMILES string of the molecule is Cc1ccc(S(=O)(=O)n2cc(-c3ncc(F)c(N[C@H]4CCCC[C@@H]4C(=O)O)n3)c3cc(Cl)cnc32)cc1.Cc1ccc(S(=O)(=O)n2cc(-c3ncc(F)c(S(=O)[O-])n3)c3cc(Cl)cnc32)cc1.O=C(O)[C@H]1CCCC[C@@H]1Nc1nc(-c2c[nH]c3ncc(Cl)cc23)ncc1F. The fourth-order valence-corrected chi connectivity index (χ4v) is 14.5. The standard InChI is InChI=1S/C25H23ClFN5O4S.C18H17ClFN5O2.C18H12ClFN4O4S2/c1-14-6-8-16(9-7-14)37(35,36)32-13-19(18-10-15(26)11-29-24(18)32)22-28-12-20(27)23(31-22)30-21-5-3-2-4-17(21)25(33)34;19-9-5-11-12(7-22-15(11)21-6-9)16-23-8-13(20)17(25-16)24-14-4-2-1-3-10(14)18(26)27;1-10-2-4-12(5-3-10)30(27,28)24-9-14(13-6-11(19)7-22-17(13)24)16-21-8-15(20)18(23-16)29(25)26/h6-13,17,21H,2-5H2,1H3,(H,33,34)(H,28,30,31);5-8,10,14H,1-4H2,(H,21,22)(H,26,27)(H,23,24,25);2-9H,1H3,(H,25,26)/p-1/t17-,21-;10-,14-;/m00./s1. The second-order valence-corrected chi connectivity index (χ2v) is 27.7. The van der Waals surface area contributed by atoms with Crippen molar-refractivity contribution in [1.82, 2.24) is 57.8 Å². The molecule has 486 valence electrons. The first-order valence-electron chi connectivity index (χ1n) is 28.6. The number of anilines is 2. The molecular weight excluding hydrogens is 1350 g/mol. The molecule has 0 radical (unpaired) electrons. The lowest BCUT2D eigenvalue weighted by Crippen LogP contribution is -2.37. The number of nitrogens with zero attached hydrogens (tertiary/aromatic N) is 11. The molecule has 5 atom stereocenters. The molecule has 2 saturated carbocycles. The highest BCUT2D eigenvalue weighted by Gasteiger charge is 2.34. The highest BCUT2D eigenvalue weighted by molar-refractivity contribution is 7.90. The molecule has 2 fully saturated rings. The Morgan fingerprint density at radius 3 is 1.39 bits per heavy atom. The lowest BCUT2D eigenvalue weighted by atomic mass is 9.84. The minimum atomic E-state index is -4.06. The molecule has 0 amide bonds. The van der Waals surface area contributed by atoms with Crippen molar-refractivity contribution < 1.29 is 58.6 Å². The number of carbonyl (C=O) groups is 2. The van der Waals surface area contributed by atoms with E-state index in [0.717, 1.165) is 62.5 Å². The second kappa shape index (κ2) is 27.5. The molecule has 94 heavy (non-hydrogen) atoms. The van der Waals surface area contributed by atoms with Gasteiger partial charge in [-0.15, -0.1) is 0 Å². The van der Waals surface area contributed by atoms with Gasteiger partial charge in [-0.3, -0.25) is 13.8 Å². The number of H-pyrrole nitrogens is 1. The van der Waals surface area contributed by atoms with Crippen molar-refractivity contribution in [3.8, 4) is 34.2 Å². The molecule has 13 rings (SSSR count). The Morgan fingerprint density at radius 1 is 0.564 bits per heavy atom. The number of hydrogen-bond donors (Lipinski definition) is 5. The van der Waals surface area contributed by atoms with Crippen LogP contribution < -0.4 is 10.6 Å². The summed E-state index contributed by atoms with van der Waals surface area (Å²) in [6, 6.07) is 16.5. The second-order valence-electron chi connectivity index (χ2n) is 21.9. The van der Waals surface area contributed by atoms with Crippen molar-refractivity contribution in [1.29, 1.82) is 0 Å². The predicted octanol–water partition coefficient (Wildman–Crippen LogP) is 11.8. The number of aromatic amines is 1. The van der Waals surface area contributed by atoms with Crippen LogP contribution in [0.15, 0.2) is 137 Å². The van der Waals surface area contributed by atoms with E-state index in [4.69, 9.17) is 34.8 Å². The Kier molecular flexibility index (Phi) is 19.4. The third-order valence-electron chi connectivity index (χ3n) is 15.7. The Hall–Kier alpha value is -9.04. The van der Waals surface area contributed by atoms with Gasteiger partial charge >= 0.3 is 11.9 Å². The van der Waals surface area contributed by atoms with Crippen LogP contribution >= 0.6 is 34.8 Å². The van der Waals surface area contributed by atoms with Crippen LogP contribution in [-0.2, 0) is 40.7 Å². The molecule has 2 aliphatic carbocycles. The number of aliphatic carboxylic acids is 2. The van der Waals surface area contributed by atoms with Crippen LogP contribution in [0.4, 0.5) is 24.8 Å². The number of aryl methyl sites for hydroxylation is 2. The van der Waals surface area contributed by atoms with Gasteiger partial charge in [-0.05, 0) is 82.0 Å². The summed E-state index contributed by atoms with van der Waals surface area (Å²) < 4.78 is 121. The summed E-state index contributed by atoms with van der Waals surface area (Å²) in [5.74, 6) is -5.55. The van der Waals surface area contributed by atoms with E-state index in [1.54, 1.807) is 42.6 Å². The number of carboxylic acids is 2. The van der Waals surface area contributed by atoms with Crippen LogP contribution in [0.2, 0.25) is 15.1 Å². The predicted molar refractivity (Wildman–Crippen MR) is 342 cm³/mol. The van der Waals surface area contributed by atoms with Crippen molar-refractivity contribution in [3.05, 3.63) is 166 Å². The first-order chi connectivity index (χ1) is 44.9. The number of rotatable bonds is 14. The zero-order valence-corrected chi connectivity index (χ0v) is 53.8. The van der Waals surface area contributed by atoms with E-state index in [2.05, 4.69) is 60.5 Å². The average Bonchev–Trinajstić information content (AvgIpc) is 1.60. The zero-order valence-electron chi connectivity index (χ0n) is 49.1. The van der Waals surface area contributed by atoms with Crippen molar-refractivity contribution in [2.75, 3.05) is 10.6 Å². The van der Waals surface area contributed by atoms with E-state index < -0.39 is 83.4 Å². The minimum absolute atomic E-state index is 0.00230. The van der Waals surface area contributed by atoms with Crippen LogP contribution in [-0.4, -0.2) is 118 Å². The molecule has 33 heteroatoms. The number of aromatic nitrogens is 12. The smallest absolute Gasteiger partial charge is 0.308 e. The van der Waals surface area contributed by atoms with E-state index in [1.807, 2.05) is 13.8 Å². The molecule has 9 aromatic heterocycles. The summed E-state index contributed by atoms with van der Waals surface area (Å²) in [6.45, 7) is 3.68. The maximum atomic E-state index is 14.7. The van der Waals surface area contributed by atoms with Gasteiger partial charge in [0.25, 0.3) is 20.0 Å². The van der Waals surface area contributed by atoms with Gasteiger partial charge in [0.2, 0.25) is 0 Å². The summed E-state index contributed by atoms with van der Waals surface area (Å²) >= 11 is 15.3. The van der Waals surface area contributed by atoms with Crippen LogP contribution in [0.5, 0.6) is 0 Å². The molecular formula is C61H51Cl3F3N14O10S3-. The van der Waals surface area contributed by atoms with Crippen molar-refractivity contribution in [3.63, 3.8) is 0 Å². The number of hydrogen-bond acceptors (Lipinski definition) is 19. The van der Waals surface area contributed by atoms with Crippen molar-refractivity contribution >= 4 is 123 Å². The summed E-state index contributed by atoms with van der Waals surface area (Å²) in [7, 11) is -8.10. The van der Waals surface area contributed by atoms with Gasteiger partial charge in [0, 0.05) is 93.2 Å². The molecule has 0 spiro atoms. The normalized spacial score (nSPS) is 17.0. The third kappa shape index (κ3) is 13.9. The van der Waals surface area contributed by atoms with Gasteiger partial charge in [0.15, 0.2) is 62.9 Å². The lowest BCUT2D eigenvalue weighted by molar-refractivity contribution is -0.144. The number of fused-ring (bicyclic) bond motifs is 3. The van der Waals surface area contributed by atoms with E-state index in [-0.39, 0.29) is 77.0 Å². The summed E-state index contributed by atoms with van der Waals surface area (Å²) in [5.41, 5.74) is 3.61. The third-order valence-corrected chi connectivity index (χ3v) is 20.3.